The van der Waals surface area contributed by atoms with Crippen molar-refractivity contribution < 1.29 is 14.3 Å². The summed E-state index contributed by atoms with van der Waals surface area (Å²) in [6.45, 7) is 5.15. The second-order valence-electron chi connectivity index (χ2n) is 7.16. The van der Waals surface area contributed by atoms with Gasteiger partial charge in [-0.25, -0.2) is 0 Å². The van der Waals surface area contributed by atoms with Gasteiger partial charge in [-0.3, -0.25) is 9.59 Å². The van der Waals surface area contributed by atoms with E-state index in [-0.39, 0.29) is 28.9 Å². The highest BCUT2D eigenvalue weighted by atomic mass is 16.5. The number of ether oxygens (including phenoxy) is 2. The Morgan fingerprint density at radius 2 is 1.96 bits per heavy atom. The van der Waals surface area contributed by atoms with Crippen molar-refractivity contribution in [2.75, 3.05) is 27.3 Å². The minimum Gasteiger partial charge on any atom is -0.497 e. The van der Waals surface area contributed by atoms with E-state index in [2.05, 4.69) is 4.98 Å². The van der Waals surface area contributed by atoms with Crippen molar-refractivity contribution >= 4 is 5.91 Å². The van der Waals surface area contributed by atoms with Crippen LogP contribution in [0.5, 0.6) is 11.5 Å². The largest absolute Gasteiger partial charge is 0.497 e. The van der Waals surface area contributed by atoms with Crippen LogP contribution in [-0.2, 0) is 0 Å². The molecule has 6 heteroatoms. The van der Waals surface area contributed by atoms with E-state index in [0.29, 0.717) is 13.1 Å². The van der Waals surface area contributed by atoms with Crippen LogP contribution in [0.25, 0.3) is 0 Å². The molecule has 0 aliphatic carbocycles. The molecule has 0 radical (unpaired) electrons. The average Bonchev–Trinajstić information content (AvgIpc) is 3.16. The Bertz CT molecular complexity index is 888. The molecule has 0 bridgehead atoms. The van der Waals surface area contributed by atoms with Crippen LogP contribution in [0.15, 0.2) is 35.1 Å². The fourth-order valence-corrected chi connectivity index (χ4v) is 3.52. The quantitative estimate of drug-likeness (QED) is 0.878. The Balaban J connectivity index is 1.80. The molecule has 144 valence electrons. The highest BCUT2D eigenvalue weighted by molar-refractivity contribution is 5.94. The highest BCUT2D eigenvalue weighted by Crippen LogP contribution is 2.36. The molecule has 1 aliphatic heterocycles. The number of amides is 1. The summed E-state index contributed by atoms with van der Waals surface area (Å²) in [5.74, 6) is 1.67. The van der Waals surface area contributed by atoms with Gasteiger partial charge in [0, 0.05) is 30.3 Å². The van der Waals surface area contributed by atoms with E-state index in [4.69, 9.17) is 9.47 Å². The van der Waals surface area contributed by atoms with E-state index in [1.807, 2.05) is 38.1 Å². The number of aromatic nitrogens is 1. The number of rotatable bonds is 5. The van der Waals surface area contributed by atoms with E-state index < -0.39 is 0 Å². The SMILES string of the molecule is COc1ccc(OC)c([C@H]2CCN(C(=O)c3ccc(C(C)C)[nH]c3=O)C2)c1. The number of hydrogen-bond acceptors (Lipinski definition) is 4. The van der Waals surface area contributed by atoms with Crippen LogP contribution in [0.3, 0.4) is 0 Å². The lowest BCUT2D eigenvalue weighted by atomic mass is 9.97. The van der Waals surface area contributed by atoms with Crippen molar-refractivity contribution in [3.63, 3.8) is 0 Å². The molecule has 1 N–H and O–H groups in total. The molecular formula is C21H26N2O4. The number of aromatic amines is 1. The van der Waals surface area contributed by atoms with Gasteiger partial charge in [-0.2, -0.15) is 0 Å². The molecule has 1 saturated heterocycles. The minimum absolute atomic E-state index is 0.146. The van der Waals surface area contributed by atoms with Crippen molar-refractivity contribution in [2.45, 2.75) is 32.1 Å². The monoisotopic (exact) mass is 370 g/mol. The summed E-state index contributed by atoms with van der Waals surface area (Å²) in [5.41, 5.74) is 1.72. The molecule has 1 aliphatic rings. The summed E-state index contributed by atoms with van der Waals surface area (Å²) in [6.07, 6.45) is 0.817. The van der Waals surface area contributed by atoms with E-state index in [1.54, 1.807) is 25.2 Å². The Labute approximate surface area is 159 Å². The second-order valence-corrected chi connectivity index (χ2v) is 7.16. The molecule has 6 nitrogen and oxygen atoms in total. The standard InChI is InChI=1S/C21H26N2O4/c1-13(2)18-7-6-16(20(24)22-18)21(25)23-10-9-14(12-23)17-11-15(26-3)5-8-19(17)27-4/h5-8,11,13-14H,9-10,12H2,1-4H3,(H,22,24)/t14-/m0/s1. The van der Waals surface area contributed by atoms with Crippen molar-refractivity contribution in [2.24, 2.45) is 0 Å². The van der Waals surface area contributed by atoms with Crippen LogP contribution in [0, 0.1) is 0 Å². The van der Waals surface area contributed by atoms with E-state index in [9.17, 15) is 9.59 Å². The average molecular weight is 370 g/mol. The highest BCUT2D eigenvalue weighted by Gasteiger charge is 2.31. The number of likely N-dealkylation sites (tertiary alicyclic amines) is 1. The van der Waals surface area contributed by atoms with Gasteiger partial charge in [0.1, 0.15) is 17.1 Å². The topological polar surface area (TPSA) is 71.6 Å². The van der Waals surface area contributed by atoms with E-state index in [0.717, 1.165) is 29.2 Å². The zero-order valence-corrected chi connectivity index (χ0v) is 16.2. The molecule has 0 saturated carbocycles. The van der Waals surface area contributed by atoms with Crippen LogP contribution in [0.4, 0.5) is 0 Å². The van der Waals surface area contributed by atoms with Gasteiger partial charge in [0.05, 0.1) is 14.2 Å². The summed E-state index contributed by atoms with van der Waals surface area (Å²) in [4.78, 5) is 29.7. The number of methoxy groups -OCH3 is 2. The first kappa shape index (κ1) is 19.0. The number of nitrogens with zero attached hydrogens (tertiary/aromatic N) is 1. The molecule has 2 aromatic rings. The fourth-order valence-electron chi connectivity index (χ4n) is 3.52. The normalized spacial score (nSPS) is 16.6. The maximum Gasteiger partial charge on any atom is 0.261 e. The molecule has 1 aromatic heterocycles. The summed E-state index contributed by atoms with van der Waals surface area (Å²) >= 11 is 0. The summed E-state index contributed by atoms with van der Waals surface area (Å²) in [6, 6.07) is 9.15. The molecule has 1 atom stereocenters. The Hall–Kier alpha value is -2.76. The first-order chi connectivity index (χ1) is 12.9. The van der Waals surface area contributed by atoms with Gasteiger partial charge in [0.2, 0.25) is 0 Å². The van der Waals surface area contributed by atoms with Crippen LogP contribution in [0.2, 0.25) is 0 Å². The van der Waals surface area contributed by atoms with Gasteiger partial charge >= 0.3 is 0 Å². The number of nitrogens with one attached hydrogen (secondary N) is 1. The van der Waals surface area contributed by atoms with E-state index in [1.165, 1.54) is 0 Å². The predicted molar refractivity (Wildman–Crippen MR) is 104 cm³/mol. The lowest BCUT2D eigenvalue weighted by molar-refractivity contribution is 0.0789. The summed E-state index contributed by atoms with van der Waals surface area (Å²) < 4.78 is 10.8. The number of H-pyrrole nitrogens is 1. The van der Waals surface area contributed by atoms with Gasteiger partial charge in [-0.1, -0.05) is 13.8 Å². The molecule has 1 fully saturated rings. The van der Waals surface area contributed by atoms with Crippen molar-refractivity contribution in [1.82, 2.24) is 9.88 Å². The van der Waals surface area contributed by atoms with Gasteiger partial charge in [-0.15, -0.1) is 0 Å². The smallest absolute Gasteiger partial charge is 0.261 e. The van der Waals surface area contributed by atoms with Crippen LogP contribution < -0.4 is 15.0 Å². The second kappa shape index (κ2) is 7.86. The number of carbonyl (C=O) groups excluding carboxylic acids is 1. The number of carbonyl (C=O) groups is 1. The lowest BCUT2D eigenvalue weighted by Crippen LogP contribution is -2.33. The first-order valence-electron chi connectivity index (χ1n) is 9.19. The third-order valence-corrected chi connectivity index (χ3v) is 5.14. The first-order valence-corrected chi connectivity index (χ1v) is 9.19. The zero-order chi connectivity index (χ0) is 19.6. The van der Waals surface area contributed by atoms with Gasteiger partial charge in [0.15, 0.2) is 0 Å². The Morgan fingerprint density at radius 1 is 1.19 bits per heavy atom. The Morgan fingerprint density at radius 3 is 2.59 bits per heavy atom. The number of hydrogen-bond donors (Lipinski definition) is 1. The van der Waals surface area contributed by atoms with Crippen molar-refractivity contribution in [3.05, 3.63) is 57.5 Å². The lowest BCUT2D eigenvalue weighted by Gasteiger charge is -2.18. The number of pyridine rings is 1. The summed E-state index contributed by atoms with van der Waals surface area (Å²) in [5, 5.41) is 0. The van der Waals surface area contributed by atoms with Crippen molar-refractivity contribution in [3.8, 4) is 11.5 Å². The molecule has 1 amide bonds. The maximum absolute atomic E-state index is 12.9. The molecule has 0 spiro atoms. The Kier molecular flexibility index (Phi) is 5.54. The molecule has 0 unspecified atom stereocenters. The van der Waals surface area contributed by atoms with Gasteiger partial charge in [-0.05, 0) is 42.7 Å². The summed E-state index contributed by atoms with van der Waals surface area (Å²) in [7, 11) is 3.27. The third kappa shape index (κ3) is 3.84. The van der Waals surface area contributed by atoms with Crippen LogP contribution >= 0.6 is 0 Å². The molecule has 27 heavy (non-hydrogen) atoms. The van der Waals surface area contributed by atoms with Gasteiger partial charge in [0.25, 0.3) is 11.5 Å². The van der Waals surface area contributed by atoms with Crippen LogP contribution in [0.1, 0.15) is 53.7 Å². The molecular weight excluding hydrogens is 344 g/mol. The van der Waals surface area contributed by atoms with Crippen LogP contribution in [-0.4, -0.2) is 43.1 Å². The fraction of sp³-hybridized carbons (Fsp3) is 0.429. The predicted octanol–water partition coefficient (Wildman–Crippen LogP) is 3.15. The van der Waals surface area contributed by atoms with Crippen molar-refractivity contribution in [1.29, 1.82) is 0 Å². The molecule has 1 aromatic carbocycles. The zero-order valence-electron chi connectivity index (χ0n) is 16.2. The minimum atomic E-state index is -0.325. The third-order valence-electron chi connectivity index (χ3n) is 5.14. The number of benzene rings is 1. The van der Waals surface area contributed by atoms with Gasteiger partial charge < -0.3 is 19.4 Å². The van der Waals surface area contributed by atoms with E-state index >= 15 is 0 Å². The molecule has 2 heterocycles. The molecule has 3 rings (SSSR count). The maximum atomic E-state index is 12.9.